The van der Waals surface area contributed by atoms with Gasteiger partial charge in [-0.15, -0.1) is 0 Å². The molecule has 168 valence electrons. The first-order valence-corrected chi connectivity index (χ1v) is 11.5. The van der Waals surface area contributed by atoms with Crippen LogP contribution in [0.1, 0.15) is 63.1 Å². The van der Waals surface area contributed by atoms with Gasteiger partial charge in [0, 0.05) is 39.2 Å². The highest BCUT2D eigenvalue weighted by molar-refractivity contribution is 5.78. The summed E-state index contributed by atoms with van der Waals surface area (Å²) in [7, 11) is 2.04. The van der Waals surface area contributed by atoms with Gasteiger partial charge in [-0.25, -0.2) is 4.98 Å². The van der Waals surface area contributed by atoms with Crippen molar-refractivity contribution in [3.63, 3.8) is 0 Å². The molecular weight excluding hydrogens is 388 g/mol. The zero-order valence-corrected chi connectivity index (χ0v) is 18.9. The van der Waals surface area contributed by atoms with E-state index in [0.29, 0.717) is 11.9 Å². The zero-order chi connectivity index (χ0) is 22.2. The Morgan fingerprint density at radius 1 is 1.16 bits per heavy atom. The molecule has 0 unspecified atom stereocenters. The van der Waals surface area contributed by atoms with Crippen LogP contribution in [0.4, 0.5) is 0 Å². The van der Waals surface area contributed by atoms with E-state index in [4.69, 9.17) is 0 Å². The first-order chi connectivity index (χ1) is 14.9. The molecule has 4 rings (SSSR count). The van der Waals surface area contributed by atoms with Crippen LogP contribution in [0.25, 0.3) is 0 Å². The Morgan fingerprint density at radius 3 is 2.55 bits per heavy atom. The zero-order valence-electron chi connectivity index (χ0n) is 18.9. The van der Waals surface area contributed by atoms with E-state index in [1.807, 2.05) is 24.0 Å². The number of nitrogens with zero attached hydrogens (tertiary/aromatic N) is 3. The molecule has 2 aromatic rings. The summed E-state index contributed by atoms with van der Waals surface area (Å²) in [5.74, 6) is 1.50. The number of benzene rings is 1. The predicted molar refractivity (Wildman–Crippen MR) is 122 cm³/mol. The lowest BCUT2D eigenvalue weighted by Gasteiger charge is -2.33. The normalized spacial score (nSPS) is 23.4. The highest BCUT2D eigenvalue weighted by atomic mass is 16.2. The third-order valence-electron chi connectivity index (χ3n) is 6.40. The molecular formula is C25H36N4O2. The lowest BCUT2D eigenvalue weighted by Crippen LogP contribution is -2.34. The SMILES string of the molecule is CC(N)=O.Cn1cnc(C[C@@H]2CCC[C@H](C[C@@H]3CCC(=O)N3Cc3ccccc3)C2)c1. The number of imidazole rings is 1. The Balaban J connectivity index is 0.000000628. The maximum absolute atomic E-state index is 12.5. The number of carbonyl (C=O) groups excluding carboxylic acids is 2. The summed E-state index contributed by atoms with van der Waals surface area (Å²) in [6, 6.07) is 10.9. The first-order valence-electron chi connectivity index (χ1n) is 11.5. The number of rotatable bonds is 6. The van der Waals surface area contributed by atoms with Crippen molar-refractivity contribution in [2.45, 2.75) is 70.9 Å². The Kier molecular flexibility index (Phi) is 8.27. The molecule has 31 heavy (non-hydrogen) atoms. The van der Waals surface area contributed by atoms with Crippen LogP contribution in [0.3, 0.4) is 0 Å². The van der Waals surface area contributed by atoms with E-state index in [0.717, 1.165) is 37.6 Å². The number of amides is 2. The van der Waals surface area contributed by atoms with Crippen molar-refractivity contribution in [2.24, 2.45) is 24.6 Å². The highest BCUT2D eigenvalue weighted by Gasteiger charge is 2.34. The largest absolute Gasteiger partial charge is 0.370 e. The van der Waals surface area contributed by atoms with Crippen LogP contribution in [-0.4, -0.2) is 32.3 Å². The summed E-state index contributed by atoms with van der Waals surface area (Å²) in [6.07, 6.45) is 13.4. The van der Waals surface area contributed by atoms with Crippen LogP contribution < -0.4 is 5.73 Å². The third-order valence-corrected chi connectivity index (χ3v) is 6.40. The molecule has 2 aliphatic rings. The van der Waals surface area contributed by atoms with Crippen LogP contribution in [0.5, 0.6) is 0 Å². The molecule has 2 fully saturated rings. The van der Waals surface area contributed by atoms with Gasteiger partial charge in [0.05, 0.1) is 12.0 Å². The fraction of sp³-hybridized carbons (Fsp3) is 0.560. The number of aromatic nitrogens is 2. The summed E-state index contributed by atoms with van der Waals surface area (Å²) in [5.41, 5.74) is 6.94. The van der Waals surface area contributed by atoms with Crippen molar-refractivity contribution in [1.29, 1.82) is 0 Å². The van der Waals surface area contributed by atoms with Gasteiger partial charge >= 0.3 is 0 Å². The number of likely N-dealkylation sites (tertiary alicyclic amines) is 1. The van der Waals surface area contributed by atoms with Gasteiger partial charge in [-0.1, -0.05) is 49.6 Å². The Hall–Kier alpha value is -2.63. The minimum absolute atomic E-state index is 0.333. The van der Waals surface area contributed by atoms with Gasteiger partial charge in [-0.3, -0.25) is 9.59 Å². The van der Waals surface area contributed by atoms with Crippen LogP contribution >= 0.6 is 0 Å². The number of primary amides is 1. The Labute approximate surface area is 185 Å². The molecule has 1 aliphatic carbocycles. The number of nitrogens with two attached hydrogens (primary N) is 1. The first kappa shape index (κ1) is 23.0. The predicted octanol–water partition coefficient (Wildman–Crippen LogP) is 3.84. The maximum Gasteiger partial charge on any atom is 0.223 e. The minimum Gasteiger partial charge on any atom is -0.370 e. The van der Waals surface area contributed by atoms with Gasteiger partial charge in [0.2, 0.25) is 11.8 Å². The summed E-state index contributed by atoms with van der Waals surface area (Å²) >= 11 is 0. The van der Waals surface area contributed by atoms with Gasteiger partial charge in [0.15, 0.2) is 0 Å². The lowest BCUT2D eigenvalue weighted by molar-refractivity contribution is -0.129. The molecule has 1 aliphatic heterocycles. The van der Waals surface area contributed by atoms with Crippen molar-refractivity contribution in [3.05, 3.63) is 54.1 Å². The number of aryl methyl sites for hydroxylation is 1. The Bertz CT molecular complexity index is 844. The van der Waals surface area contributed by atoms with Gasteiger partial charge in [-0.2, -0.15) is 0 Å². The second-order valence-electron chi connectivity index (χ2n) is 9.18. The van der Waals surface area contributed by atoms with Crippen LogP contribution in [-0.2, 0) is 29.6 Å². The van der Waals surface area contributed by atoms with Gasteiger partial charge in [-0.05, 0) is 43.1 Å². The smallest absolute Gasteiger partial charge is 0.223 e. The third kappa shape index (κ3) is 7.23. The van der Waals surface area contributed by atoms with E-state index < -0.39 is 0 Å². The maximum atomic E-state index is 12.5. The monoisotopic (exact) mass is 424 g/mol. The fourth-order valence-electron chi connectivity index (χ4n) is 5.09. The van der Waals surface area contributed by atoms with Crippen molar-refractivity contribution < 1.29 is 9.59 Å². The Morgan fingerprint density at radius 2 is 1.87 bits per heavy atom. The molecule has 0 spiro atoms. The number of hydrogen-bond donors (Lipinski definition) is 1. The van der Waals surface area contributed by atoms with E-state index in [9.17, 15) is 9.59 Å². The van der Waals surface area contributed by atoms with E-state index >= 15 is 0 Å². The van der Waals surface area contributed by atoms with E-state index in [2.05, 4.69) is 46.1 Å². The molecule has 6 nitrogen and oxygen atoms in total. The average Bonchev–Trinajstić information content (AvgIpc) is 3.29. The van der Waals surface area contributed by atoms with Gasteiger partial charge in [0.1, 0.15) is 0 Å². The molecule has 1 aromatic heterocycles. The molecule has 2 heterocycles. The van der Waals surface area contributed by atoms with E-state index in [-0.39, 0.29) is 5.91 Å². The quantitative estimate of drug-likeness (QED) is 0.765. The molecule has 3 atom stereocenters. The van der Waals surface area contributed by atoms with Crippen molar-refractivity contribution in [1.82, 2.24) is 14.5 Å². The molecule has 2 amide bonds. The van der Waals surface area contributed by atoms with Crippen molar-refractivity contribution in [2.75, 3.05) is 0 Å². The number of hydrogen-bond acceptors (Lipinski definition) is 3. The van der Waals surface area contributed by atoms with Crippen LogP contribution in [0.2, 0.25) is 0 Å². The molecule has 0 radical (unpaired) electrons. The van der Waals surface area contributed by atoms with Crippen LogP contribution in [0.15, 0.2) is 42.9 Å². The second-order valence-corrected chi connectivity index (χ2v) is 9.18. The highest BCUT2D eigenvalue weighted by Crippen LogP contribution is 2.36. The topological polar surface area (TPSA) is 81.2 Å². The number of carbonyl (C=O) groups is 2. The summed E-state index contributed by atoms with van der Waals surface area (Å²) in [4.78, 5) is 28.3. The summed E-state index contributed by atoms with van der Waals surface area (Å²) < 4.78 is 2.04. The van der Waals surface area contributed by atoms with Gasteiger partial charge < -0.3 is 15.2 Å². The molecule has 0 bridgehead atoms. The van der Waals surface area contributed by atoms with Crippen molar-refractivity contribution >= 4 is 11.8 Å². The summed E-state index contributed by atoms with van der Waals surface area (Å²) in [6.45, 7) is 2.08. The van der Waals surface area contributed by atoms with Crippen LogP contribution in [0, 0.1) is 11.8 Å². The minimum atomic E-state index is -0.333. The molecule has 1 saturated carbocycles. The molecule has 1 saturated heterocycles. The second kappa shape index (κ2) is 11.1. The van der Waals surface area contributed by atoms with Crippen molar-refractivity contribution in [3.8, 4) is 0 Å². The van der Waals surface area contributed by atoms with E-state index in [1.165, 1.54) is 50.3 Å². The van der Waals surface area contributed by atoms with E-state index in [1.54, 1.807) is 0 Å². The molecule has 6 heteroatoms. The lowest BCUT2D eigenvalue weighted by atomic mass is 9.76. The van der Waals surface area contributed by atoms with Gasteiger partial charge in [0.25, 0.3) is 0 Å². The fourth-order valence-corrected chi connectivity index (χ4v) is 5.09. The molecule has 1 aromatic carbocycles. The summed E-state index contributed by atoms with van der Waals surface area (Å²) in [5, 5.41) is 0. The molecule has 2 N–H and O–H groups in total. The average molecular weight is 425 g/mol. The standard InChI is InChI=1S/C23H31N3O.C2H5NO/c1-25-16-21(24-17-25)13-19-8-5-9-20(12-19)14-22-10-11-23(27)26(22)15-18-6-3-2-4-7-18;1-2(3)4/h2-4,6-7,16-17,19-20,22H,5,8-15H2,1H3;1H3,(H2,3,4)/t19-,20+,22+;/m1./s1.